The molecule has 0 aliphatic carbocycles. The van der Waals surface area contributed by atoms with Crippen LogP contribution in [0.3, 0.4) is 0 Å². The van der Waals surface area contributed by atoms with Gasteiger partial charge in [0.15, 0.2) is 0 Å². The molecule has 317 valence electrons. The van der Waals surface area contributed by atoms with Crippen molar-refractivity contribution in [2.45, 2.75) is 99.7 Å². The monoisotopic (exact) mass is 1000 g/mol. The maximum absolute atomic E-state index is 6.00. The summed E-state index contributed by atoms with van der Waals surface area (Å²) in [6, 6.07) is 44.0. The van der Waals surface area contributed by atoms with Crippen LogP contribution >= 0.6 is 0 Å². The van der Waals surface area contributed by atoms with E-state index in [2.05, 4.69) is 200 Å². The van der Waals surface area contributed by atoms with Crippen LogP contribution in [0.2, 0.25) is 19.6 Å². The Morgan fingerprint density at radius 2 is 1.34 bits per heavy atom. The van der Waals surface area contributed by atoms with Gasteiger partial charge in [0, 0.05) is 43.8 Å². The van der Waals surface area contributed by atoms with E-state index in [0.717, 1.165) is 57.5 Å². The van der Waals surface area contributed by atoms with Crippen LogP contribution < -0.4 is 5.19 Å². The summed E-state index contributed by atoms with van der Waals surface area (Å²) < 4.78 is 8.37. The normalized spacial score (nSPS) is 11.8. The number of benzene rings is 5. The van der Waals surface area contributed by atoms with Gasteiger partial charge in [-0.15, -0.1) is 35.9 Å². The van der Waals surface area contributed by atoms with E-state index in [0.29, 0.717) is 23.7 Å². The predicted octanol–water partition coefficient (Wildman–Crippen LogP) is 14.6. The van der Waals surface area contributed by atoms with Crippen LogP contribution in [0.15, 0.2) is 126 Å². The zero-order valence-electron chi connectivity index (χ0n) is 37.9. The minimum Gasteiger partial charge on any atom is -0.557 e. The molecule has 8 rings (SSSR count). The molecule has 3 heterocycles. The van der Waals surface area contributed by atoms with Gasteiger partial charge in [-0.1, -0.05) is 164 Å². The second kappa shape index (κ2) is 19.4. The number of furan rings is 1. The van der Waals surface area contributed by atoms with Crippen molar-refractivity contribution in [2.75, 3.05) is 0 Å². The van der Waals surface area contributed by atoms with Gasteiger partial charge in [0.1, 0.15) is 0 Å². The fourth-order valence-corrected chi connectivity index (χ4v) is 9.89. The molecule has 5 aromatic carbocycles. The Balaban J connectivity index is 0.000000250. The standard InChI is InChI=1S/C37H37N2O.C18H24NSi.Ir/c1-23(2)18-26-16-17-35-31(19-26)32(22-40-35)37-38-33-14-10-11-15-34(33)39(37)36-29(24(3)4)20-28(21-30(36)25(5)6)27-12-8-7-9-13-27;1-14(2)11-16-12-17(15-9-7-6-8-10-15)19-13-18(16)20(3,4)5;/h7-17,19-21,23-25H,18H2,1-6H3;6-9,12-14H,11H2,1-5H3;/q2*-1;. The molecule has 0 spiro atoms. The summed E-state index contributed by atoms with van der Waals surface area (Å²) in [5.41, 5.74) is 15.0. The van der Waals surface area contributed by atoms with Gasteiger partial charge in [0.2, 0.25) is 0 Å². The smallest absolute Gasteiger partial charge is 0.0798 e. The first kappa shape index (κ1) is 45.6. The molecule has 8 aromatic rings. The van der Waals surface area contributed by atoms with Crippen LogP contribution in [-0.4, -0.2) is 22.6 Å². The molecule has 61 heavy (non-hydrogen) atoms. The van der Waals surface area contributed by atoms with E-state index < -0.39 is 8.07 Å². The Morgan fingerprint density at radius 1 is 0.689 bits per heavy atom. The van der Waals surface area contributed by atoms with Crippen molar-refractivity contribution in [3.8, 4) is 39.5 Å². The van der Waals surface area contributed by atoms with Crippen LogP contribution in [0.4, 0.5) is 0 Å². The first-order chi connectivity index (χ1) is 28.7. The third kappa shape index (κ3) is 10.3. The number of nitrogens with zero attached hydrogens (tertiary/aromatic N) is 3. The van der Waals surface area contributed by atoms with Crippen LogP contribution in [0.25, 0.3) is 61.5 Å². The van der Waals surface area contributed by atoms with E-state index in [-0.39, 0.29) is 20.1 Å². The Kier molecular flexibility index (Phi) is 14.6. The van der Waals surface area contributed by atoms with Crippen LogP contribution in [0.1, 0.15) is 89.5 Å². The molecule has 0 amide bonds. The van der Waals surface area contributed by atoms with Gasteiger partial charge in [-0.2, -0.15) is 0 Å². The summed E-state index contributed by atoms with van der Waals surface area (Å²) >= 11 is 0. The first-order valence-electron chi connectivity index (χ1n) is 21.8. The molecular formula is C55H61IrN3OSi-2. The maximum Gasteiger partial charge on any atom is 0.0798 e. The van der Waals surface area contributed by atoms with Gasteiger partial charge in [-0.05, 0) is 93.9 Å². The van der Waals surface area contributed by atoms with E-state index in [4.69, 9.17) is 9.40 Å². The molecule has 0 atom stereocenters. The predicted molar refractivity (Wildman–Crippen MR) is 257 cm³/mol. The average Bonchev–Trinajstić information content (AvgIpc) is 3.81. The Morgan fingerprint density at radius 3 is 1.97 bits per heavy atom. The molecule has 0 aliphatic rings. The number of pyridine rings is 1. The fourth-order valence-electron chi connectivity index (χ4n) is 8.30. The van der Waals surface area contributed by atoms with Gasteiger partial charge < -0.3 is 14.0 Å². The Hall–Kier alpha value is -4.87. The summed E-state index contributed by atoms with van der Waals surface area (Å²) in [5.74, 6) is 2.74. The third-order valence-electron chi connectivity index (χ3n) is 11.2. The topological polar surface area (TPSA) is 43.9 Å². The van der Waals surface area contributed by atoms with Gasteiger partial charge in [-0.3, -0.25) is 4.98 Å². The zero-order chi connectivity index (χ0) is 42.7. The summed E-state index contributed by atoms with van der Waals surface area (Å²) in [7, 11) is -1.34. The Labute approximate surface area is 379 Å². The molecule has 0 aliphatic heterocycles. The number of rotatable bonds is 11. The van der Waals surface area contributed by atoms with Gasteiger partial charge >= 0.3 is 0 Å². The fraction of sp³-hybridized carbons (Fsp3) is 0.309. The number of aromatic nitrogens is 3. The third-order valence-corrected chi connectivity index (χ3v) is 13.2. The van der Waals surface area contributed by atoms with Crippen molar-refractivity contribution in [1.29, 1.82) is 0 Å². The molecule has 0 N–H and O–H groups in total. The molecule has 0 saturated carbocycles. The number of hydrogen-bond acceptors (Lipinski definition) is 3. The number of imidazole rings is 1. The molecule has 0 bridgehead atoms. The number of hydrogen-bond donors (Lipinski definition) is 0. The van der Waals surface area contributed by atoms with Crippen molar-refractivity contribution >= 4 is 35.3 Å². The van der Waals surface area contributed by atoms with Crippen molar-refractivity contribution in [1.82, 2.24) is 14.5 Å². The largest absolute Gasteiger partial charge is 0.557 e. The van der Waals surface area contributed by atoms with E-state index in [1.807, 2.05) is 18.2 Å². The van der Waals surface area contributed by atoms with Crippen LogP contribution in [0.5, 0.6) is 0 Å². The summed E-state index contributed by atoms with van der Waals surface area (Å²) in [6.45, 7) is 25.4. The molecule has 4 nitrogen and oxygen atoms in total. The molecule has 0 unspecified atom stereocenters. The van der Waals surface area contributed by atoms with Crippen molar-refractivity contribution in [2.24, 2.45) is 11.8 Å². The van der Waals surface area contributed by atoms with Crippen molar-refractivity contribution in [3.05, 3.63) is 156 Å². The molecular weight excluding hydrogens is 939 g/mol. The second-order valence-corrected chi connectivity index (χ2v) is 23.8. The van der Waals surface area contributed by atoms with Gasteiger partial charge in [0.25, 0.3) is 0 Å². The molecule has 0 fully saturated rings. The van der Waals surface area contributed by atoms with Crippen LogP contribution in [-0.2, 0) is 32.9 Å². The minimum absolute atomic E-state index is 0. The van der Waals surface area contributed by atoms with Crippen molar-refractivity contribution in [3.63, 3.8) is 0 Å². The summed E-state index contributed by atoms with van der Waals surface area (Å²) in [5, 5.41) is 2.55. The minimum atomic E-state index is -1.34. The Bertz CT molecular complexity index is 2670. The van der Waals surface area contributed by atoms with E-state index in [9.17, 15) is 0 Å². The van der Waals surface area contributed by atoms with Crippen molar-refractivity contribution < 1.29 is 24.5 Å². The van der Waals surface area contributed by atoms with E-state index in [1.165, 1.54) is 44.3 Å². The maximum atomic E-state index is 6.00. The second-order valence-electron chi connectivity index (χ2n) is 18.8. The molecule has 1 radical (unpaired) electrons. The number of fused-ring (bicyclic) bond motifs is 2. The van der Waals surface area contributed by atoms with E-state index >= 15 is 0 Å². The quantitative estimate of drug-likeness (QED) is 0.0958. The zero-order valence-corrected chi connectivity index (χ0v) is 41.2. The van der Waals surface area contributed by atoms with Gasteiger partial charge in [-0.25, -0.2) is 0 Å². The summed E-state index contributed by atoms with van der Waals surface area (Å²) in [6.07, 6.45) is 7.52. The van der Waals surface area contributed by atoms with E-state index in [1.54, 1.807) is 0 Å². The first-order valence-corrected chi connectivity index (χ1v) is 25.3. The molecule has 6 heteroatoms. The summed E-state index contributed by atoms with van der Waals surface area (Å²) in [4.78, 5) is 9.91. The number of para-hydroxylation sites is 2. The molecule has 3 aromatic heterocycles. The average molecular weight is 1000 g/mol. The SMILES string of the molecule is CC(C)Cc1cc(-c2[c-]cccc2)ncc1[Si](C)(C)C.CC(C)Cc1ccc2o[c-]c(-c3nc4ccccc4n3-c3c(C(C)C)cc(-c4ccccc4)cc3C(C)C)c2c1.[Ir]. The molecule has 0 saturated heterocycles. The van der Waals surface area contributed by atoms with Crippen LogP contribution in [0, 0.1) is 24.2 Å². The van der Waals surface area contributed by atoms with Gasteiger partial charge in [0.05, 0.1) is 24.9 Å².